The Morgan fingerprint density at radius 1 is 1.34 bits per heavy atom. The summed E-state index contributed by atoms with van der Waals surface area (Å²) in [5.41, 5.74) is 2.27. The molecule has 7 heteroatoms. The molecule has 1 atom stereocenters. The number of likely N-dealkylation sites (tertiary alicyclic amines) is 1. The molecule has 1 aromatic heterocycles. The highest BCUT2D eigenvalue weighted by atomic mass is 16.5. The summed E-state index contributed by atoms with van der Waals surface area (Å²) >= 11 is 0. The van der Waals surface area contributed by atoms with E-state index < -0.39 is 0 Å². The van der Waals surface area contributed by atoms with Gasteiger partial charge in [-0.3, -0.25) is 4.79 Å². The maximum Gasteiger partial charge on any atom is 0.219 e. The molecule has 2 aliphatic rings. The van der Waals surface area contributed by atoms with Crippen molar-refractivity contribution in [1.82, 2.24) is 9.88 Å². The molecular weight excluding hydrogens is 368 g/mol. The largest absolute Gasteiger partial charge is 0.494 e. The number of ether oxygens (including phenoxy) is 1. The van der Waals surface area contributed by atoms with Gasteiger partial charge in [0.2, 0.25) is 5.91 Å². The zero-order chi connectivity index (χ0) is 20.0. The summed E-state index contributed by atoms with van der Waals surface area (Å²) in [5.74, 6) is 0.838. The van der Waals surface area contributed by atoms with Crippen LogP contribution in [0.1, 0.15) is 18.9 Å². The number of fused-ring (bicyclic) bond motifs is 2. The zero-order valence-electron chi connectivity index (χ0n) is 15.9. The minimum absolute atomic E-state index is 0.0635. The first-order valence-electron chi connectivity index (χ1n) is 9.56. The highest BCUT2D eigenvalue weighted by Gasteiger charge is 2.26. The molecule has 0 spiro atoms. The molecule has 0 radical (unpaired) electrons. The van der Waals surface area contributed by atoms with Gasteiger partial charge < -0.3 is 19.7 Å². The second-order valence-corrected chi connectivity index (χ2v) is 7.33. The molecule has 7 nitrogen and oxygen atoms in total. The molecular formula is C22H20N4O3. The van der Waals surface area contributed by atoms with Crippen LogP contribution >= 0.6 is 0 Å². The molecule has 2 N–H and O–H groups in total. The van der Waals surface area contributed by atoms with Gasteiger partial charge >= 0.3 is 0 Å². The average Bonchev–Trinajstić information content (AvgIpc) is 3.41. The van der Waals surface area contributed by atoms with Crippen molar-refractivity contribution in [1.29, 1.82) is 0 Å². The molecule has 2 aromatic carbocycles. The van der Waals surface area contributed by atoms with Gasteiger partial charge in [-0.15, -0.1) is 0 Å². The number of carbonyl (C=O) groups excluding carboxylic acids is 1. The Morgan fingerprint density at radius 3 is 3.07 bits per heavy atom. The van der Waals surface area contributed by atoms with Crippen molar-refractivity contribution in [2.75, 3.05) is 13.1 Å². The Kier molecular flexibility index (Phi) is 4.08. The van der Waals surface area contributed by atoms with Crippen molar-refractivity contribution in [3.63, 3.8) is 0 Å². The van der Waals surface area contributed by atoms with Gasteiger partial charge in [-0.1, -0.05) is 12.1 Å². The van der Waals surface area contributed by atoms with Crippen LogP contribution in [0.2, 0.25) is 0 Å². The molecule has 0 saturated carbocycles. The number of aliphatic imine (C=N–C) groups is 1. The van der Waals surface area contributed by atoms with Crippen LogP contribution in [0.15, 0.2) is 46.4 Å². The summed E-state index contributed by atoms with van der Waals surface area (Å²) in [4.78, 5) is 24.9. The lowest BCUT2D eigenvalue weighted by molar-refractivity contribution is -0.128. The lowest BCUT2D eigenvalue weighted by atomic mass is 10.1. The number of nitrogens with zero attached hydrogens (tertiary/aromatic N) is 3. The Labute approximate surface area is 166 Å². The smallest absolute Gasteiger partial charge is 0.219 e. The molecule has 0 bridgehead atoms. The Morgan fingerprint density at radius 2 is 2.24 bits per heavy atom. The second kappa shape index (κ2) is 6.77. The van der Waals surface area contributed by atoms with Crippen LogP contribution in [0.4, 0.5) is 5.69 Å². The number of aromatic hydroxyl groups is 1. The second-order valence-electron chi connectivity index (χ2n) is 7.33. The summed E-state index contributed by atoms with van der Waals surface area (Å²) < 4.78 is 6.25. The quantitative estimate of drug-likeness (QED) is 0.719. The van der Waals surface area contributed by atoms with E-state index in [1.54, 1.807) is 11.8 Å². The third kappa shape index (κ3) is 3.14. The SMILES string of the molecule is CC(=O)N1CCC(Oc2cccc3[nH]c(O)c(/C=c4\ccc5c(c4)N=CN=5)c23)C1. The molecule has 1 amide bonds. The third-order valence-corrected chi connectivity index (χ3v) is 5.39. The number of aromatic amines is 1. The fourth-order valence-corrected chi connectivity index (χ4v) is 3.92. The minimum atomic E-state index is -0.0645. The standard InChI is InChI=1S/C22H20N4O3/c1-13(27)26-8-7-15(11-26)29-20-4-2-3-18-21(20)16(22(28)25-18)9-14-5-6-17-19(10-14)24-12-23-17/h2-6,9-10,12,15,25,28H,7-8,11H2,1H3/b14-9+. The lowest BCUT2D eigenvalue weighted by Gasteiger charge is -2.16. The van der Waals surface area contributed by atoms with Crippen LogP contribution in [0.3, 0.4) is 0 Å². The number of benzene rings is 2. The maximum absolute atomic E-state index is 11.6. The van der Waals surface area contributed by atoms with Gasteiger partial charge in [-0.2, -0.15) is 0 Å². The monoisotopic (exact) mass is 388 g/mol. The van der Waals surface area contributed by atoms with E-state index in [9.17, 15) is 9.90 Å². The van der Waals surface area contributed by atoms with Crippen LogP contribution < -0.4 is 15.3 Å². The normalized spacial score (nSPS) is 18.3. The van der Waals surface area contributed by atoms with Gasteiger partial charge in [0.1, 0.15) is 18.2 Å². The number of hydrogen-bond acceptors (Lipinski definition) is 5. The minimum Gasteiger partial charge on any atom is -0.494 e. The van der Waals surface area contributed by atoms with Crippen molar-refractivity contribution in [3.05, 3.63) is 52.5 Å². The van der Waals surface area contributed by atoms with E-state index in [1.807, 2.05) is 42.5 Å². The molecule has 5 rings (SSSR count). The van der Waals surface area contributed by atoms with E-state index in [0.29, 0.717) is 24.4 Å². The maximum atomic E-state index is 11.6. The Balaban J connectivity index is 1.56. The average molecular weight is 388 g/mol. The summed E-state index contributed by atoms with van der Waals surface area (Å²) in [7, 11) is 0. The number of amides is 1. The molecule has 146 valence electrons. The molecule has 29 heavy (non-hydrogen) atoms. The van der Waals surface area contributed by atoms with Crippen LogP contribution in [0.5, 0.6) is 11.6 Å². The van der Waals surface area contributed by atoms with Gasteiger partial charge in [-0.25, -0.2) is 9.98 Å². The van der Waals surface area contributed by atoms with Gasteiger partial charge in [0.05, 0.1) is 28.5 Å². The van der Waals surface area contributed by atoms with Crippen molar-refractivity contribution < 1.29 is 14.6 Å². The number of H-pyrrole nitrogens is 1. The summed E-state index contributed by atoms with van der Waals surface area (Å²) in [6, 6.07) is 11.5. The molecule has 1 fully saturated rings. The van der Waals surface area contributed by atoms with E-state index in [-0.39, 0.29) is 17.9 Å². The first kappa shape index (κ1) is 17.5. The van der Waals surface area contributed by atoms with Crippen molar-refractivity contribution in [2.24, 2.45) is 9.98 Å². The number of nitrogens with one attached hydrogen (secondary N) is 1. The number of aromatic nitrogens is 1. The number of hydrogen-bond donors (Lipinski definition) is 2. The third-order valence-electron chi connectivity index (χ3n) is 5.39. The Hall–Kier alpha value is -3.61. The summed E-state index contributed by atoms with van der Waals surface area (Å²) in [6.45, 7) is 2.86. The molecule has 0 aliphatic carbocycles. The predicted octanol–water partition coefficient (Wildman–Crippen LogP) is 1.99. The van der Waals surface area contributed by atoms with E-state index in [1.165, 1.54) is 6.34 Å². The highest BCUT2D eigenvalue weighted by Crippen LogP contribution is 2.36. The first-order valence-corrected chi connectivity index (χ1v) is 9.56. The number of rotatable bonds is 3. The highest BCUT2D eigenvalue weighted by molar-refractivity contribution is 5.96. The number of carbonyl (C=O) groups is 1. The van der Waals surface area contributed by atoms with Gasteiger partial charge in [0, 0.05) is 25.5 Å². The van der Waals surface area contributed by atoms with Crippen molar-refractivity contribution in [2.45, 2.75) is 19.4 Å². The zero-order valence-corrected chi connectivity index (χ0v) is 15.9. The molecule has 3 heterocycles. The summed E-state index contributed by atoms with van der Waals surface area (Å²) in [6.07, 6.45) is 4.17. The van der Waals surface area contributed by atoms with E-state index in [4.69, 9.17) is 4.74 Å². The van der Waals surface area contributed by atoms with Crippen LogP contribution in [-0.4, -0.2) is 46.4 Å². The van der Waals surface area contributed by atoms with E-state index >= 15 is 0 Å². The predicted molar refractivity (Wildman–Crippen MR) is 110 cm³/mol. The molecule has 1 unspecified atom stereocenters. The van der Waals surface area contributed by atoms with Gasteiger partial charge in [0.15, 0.2) is 5.88 Å². The topological polar surface area (TPSA) is 90.3 Å². The molecule has 1 saturated heterocycles. The van der Waals surface area contributed by atoms with E-state index in [0.717, 1.165) is 33.6 Å². The first-order chi connectivity index (χ1) is 14.1. The van der Waals surface area contributed by atoms with Crippen LogP contribution in [0, 0.1) is 0 Å². The summed E-state index contributed by atoms with van der Waals surface area (Å²) in [5, 5.41) is 13.1. The Bertz CT molecular complexity index is 1280. The van der Waals surface area contributed by atoms with Gasteiger partial charge in [0.25, 0.3) is 0 Å². The fraction of sp³-hybridized carbons (Fsp3) is 0.227. The van der Waals surface area contributed by atoms with Crippen LogP contribution in [-0.2, 0) is 4.79 Å². The lowest BCUT2D eigenvalue weighted by Crippen LogP contribution is -2.28. The van der Waals surface area contributed by atoms with Crippen LogP contribution in [0.25, 0.3) is 17.0 Å². The molecule has 3 aromatic rings. The van der Waals surface area contributed by atoms with Gasteiger partial charge in [-0.05, 0) is 35.6 Å². The molecule has 2 aliphatic heterocycles. The van der Waals surface area contributed by atoms with Crippen molar-refractivity contribution in [3.8, 4) is 11.6 Å². The van der Waals surface area contributed by atoms with Crippen molar-refractivity contribution >= 4 is 34.9 Å². The van der Waals surface area contributed by atoms with E-state index in [2.05, 4.69) is 15.0 Å². The fourth-order valence-electron chi connectivity index (χ4n) is 3.92.